The zero-order valence-corrected chi connectivity index (χ0v) is 22.2. The van der Waals surface area contributed by atoms with Crippen molar-refractivity contribution in [3.8, 4) is 0 Å². The fourth-order valence-electron chi connectivity index (χ4n) is 3.82. The van der Waals surface area contributed by atoms with Gasteiger partial charge in [0.15, 0.2) is 0 Å². The lowest BCUT2D eigenvalue weighted by Gasteiger charge is -2.32. The lowest BCUT2D eigenvalue weighted by Crippen LogP contribution is -2.50. The third kappa shape index (κ3) is 6.12. The van der Waals surface area contributed by atoms with Gasteiger partial charge in [0.2, 0.25) is 11.8 Å². The monoisotopic (exact) mass is 507 g/mol. The molecule has 0 aliphatic carbocycles. The first kappa shape index (κ1) is 26.9. The first-order chi connectivity index (χ1) is 17.0. The standard InChI is InChI=1S/C28H33N3O4S/c1-20-11-15-26(16-12-20)36(34,35)31(25-14-13-21(2)22(3)17-25)19-27(32)30(23(4)28(33)29-5)18-24-9-7-6-8-10-24/h6-17,23H,18-19H2,1-5H3,(H,29,33)/t23-/m1/s1. The van der Waals surface area contributed by atoms with E-state index in [2.05, 4.69) is 5.32 Å². The fourth-order valence-corrected chi connectivity index (χ4v) is 5.22. The third-order valence-corrected chi connectivity index (χ3v) is 8.06. The average Bonchev–Trinajstić information content (AvgIpc) is 2.87. The van der Waals surface area contributed by atoms with Crippen molar-refractivity contribution in [3.63, 3.8) is 0 Å². The van der Waals surface area contributed by atoms with E-state index in [1.54, 1.807) is 31.2 Å². The van der Waals surface area contributed by atoms with E-state index in [0.29, 0.717) is 5.69 Å². The molecule has 1 atom stereocenters. The van der Waals surface area contributed by atoms with Gasteiger partial charge in [0, 0.05) is 13.6 Å². The summed E-state index contributed by atoms with van der Waals surface area (Å²) in [5, 5.41) is 2.58. The molecule has 36 heavy (non-hydrogen) atoms. The van der Waals surface area contributed by atoms with Crippen LogP contribution in [0.25, 0.3) is 0 Å². The largest absolute Gasteiger partial charge is 0.357 e. The van der Waals surface area contributed by atoms with Gasteiger partial charge in [0.25, 0.3) is 10.0 Å². The third-order valence-electron chi connectivity index (χ3n) is 6.28. The van der Waals surface area contributed by atoms with Crippen molar-refractivity contribution in [2.45, 2.75) is 45.2 Å². The van der Waals surface area contributed by atoms with E-state index in [1.165, 1.54) is 24.1 Å². The van der Waals surface area contributed by atoms with Crippen LogP contribution >= 0.6 is 0 Å². The number of likely N-dealkylation sites (N-methyl/N-ethyl adjacent to an activating group) is 1. The summed E-state index contributed by atoms with van der Waals surface area (Å²) in [6, 6.07) is 20.3. The minimum Gasteiger partial charge on any atom is -0.357 e. The number of sulfonamides is 1. The van der Waals surface area contributed by atoms with Crippen LogP contribution in [0.2, 0.25) is 0 Å². The molecule has 3 aromatic carbocycles. The quantitative estimate of drug-likeness (QED) is 0.475. The van der Waals surface area contributed by atoms with E-state index in [-0.39, 0.29) is 17.3 Å². The Morgan fingerprint density at radius 3 is 2.11 bits per heavy atom. The normalized spacial score (nSPS) is 12.0. The zero-order chi connectivity index (χ0) is 26.5. The molecule has 3 rings (SSSR count). The molecule has 0 spiro atoms. The SMILES string of the molecule is CNC(=O)[C@@H](C)N(Cc1ccccc1)C(=O)CN(c1ccc(C)c(C)c1)S(=O)(=O)c1ccc(C)cc1. The number of amides is 2. The molecule has 8 heteroatoms. The van der Waals surface area contributed by atoms with Crippen molar-refractivity contribution in [1.29, 1.82) is 0 Å². The van der Waals surface area contributed by atoms with E-state index in [9.17, 15) is 18.0 Å². The van der Waals surface area contributed by atoms with Gasteiger partial charge in [-0.25, -0.2) is 8.42 Å². The number of rotatable bonds is 9. The minimum atomic E-state index is -4.07. The number of nitrogens with zero attached hydrogens (tertiary/aromatic N) is 2. The highest BCUT2D eigenvalue weighted by molar-refractivity contribution is 7.92. The molecular weight excluding hydrogens is 474 g/mol. The summed E-state index contributed by atoms with van der Waals surface area (Å²) in [5.41, 5.74) is 4.07. The van der Waals surface area contributed by atoms with Crippen molar-refractivity contribution in [2.75, 3.05) is 17.9 Å². The van der Waals surface area contributed by atoms with Gasteiger partial charge in [-0.2, -0.15) is 0 Å². The smallest absolute Gasteiger partial charge is 0.264 e. The summed E-state index contributed by atoms with van der Waals surface area (Å²) >= 11 is 0. The second-order valence-corrected chi connectivity index (χ2v) is 10.8. The van der Waals surface area contributed by atoms with Gasteiger partial charge in [0.1, 0.15) is 12.6 Å². The Bertz CT molecular complexity index is 1320. The summed E-state index contributed by atoms with van der Waals surface area (Å²) in [6.45, 7) is 7.06. The van der Waals surface area contributed by atoms with Gasteiger partial charge in [0.05, 0.1) is 10.6 Å². The lowest BCUT2D eigenvalue weighted by molar-refractivity contribution is -0.139. The first-order valence-electron chi connectivity index (χ1n) is 11.8. The van der Waals surface area contributed by atoms with Gasteiger partial charge in [-0.05, 0) is 68.7 Å². The highest BCUT2D eigenvalue weighted by atomic mass is 32.2. The topological polar surface area (TPSA) is 86.8 Å². The van der Waals surface area contributed by atoms with E-state index in [4.69, 9.17) is 0 Å². The molecule has 1 N–H and O–H groups in total. The highest BCUT2D eigenvalue weighted by Gasteiger charge is 2.32. The maximum atomic E-state index is 13.8. The Morgan fingerprint density at radius 2 is 1.53 bits per heavy atom. The number of carbonyl (C=O) groups excluding carboxylic acids is 2. The van der Waals surface area contributed by atoms with Crippen LogP contribution in [0.15, 0.2) is 77.7 Å². The van der Waals surface area contributed by atoms with Crippen molar-refractivity contribution in [2.24, 2.45) is 0 Å². The van der Waals surface area contributed by atoms with E-state index < -0.39 is 28.5 Å². The number of aryl methyl sites for hydroxylation is 3. The van der Waals surface area contributed by atoms with Gasteiger partial charge in [-0.3, -0.25) is 13.9 Å². The molecule has 0 aromatic heterocycles. The fraction of sp³-hybridized carbons (Fsp3) is 0.286. The molecule has 190 valence electrons. The summed E-state index contributed by atoms with van der Waals surface area (Å²) < 4.78 is 28.7. The second-order valence-electron chi connectivity index (χ2n) is 8.89. The number of carbonyl (C=O) groups is 2. The summed E-state index contributed by atoms with van der Waals surface area (Å²) in [4.78, 5) is 27.7. The van der Waals surface area contributed by atoms with Gasteiger partial charge >= 0.3 is 0 Å². The summed E-state index contributed by atoms with van der Waals surface area (Å²) in [6.07, 6.45) is 0. The van der Waals surface area contributed by atoms with Gasteiger partial charge < -0.3 is 10.2 Å². The predicted molar refractivity (Wildman–Crippen MR) is 142 cm³/mol. The van der Waals surface area contributed by atoms with Gasteiger partial charge in [-0.1, -0.05) is 54.1 Å². The number of hydrogen-bond acceptors (Lipinski definition) is 4. The molecular formula is C28H33N3O4S. The molecule has 7 nitrogen and oxygen atoms in total. The lowest BCUT2D eigenvalue weighted by atomic mass is 10.1. The van der Waals surface area contributed by atoms with E-state index in [0.717, 1.165) is 26.6 Å². The van der Waals surface area contributed by atoms with Crippen molar-refractivity contribution in [1.82, 2.24) is 10.2 Å². The van der Waals surface area contributed by atoms with Crippen molar-refractivity contribution < 1.29 is 18.0 Å². The van der Waals surface area contributed by atoms with Crippen LogP contribution in [0.1, 0.15) is 29.2 Å². The van der Waals surface area contributed by atoms with Crippen LogP contribution < -0.4 is 9.62 Å². The molecule has 0 bridgehead atoms. The predicted octanol–water partition coefficient (Wildman–Crippen LogP) is 3.97. The van der Waals surface area contributed by atoms with Crippen LogP contribution in [-0.2, 0) is 26.2 Å². The maximum absolute atomic E-state index is 13.8. The highest BCUT2D eigenvalue weighted by Crippen LogP contribution is 2.26. The molecule has 0 heterocycles. The molecule has 2 amide bonds. The maximum Gasteiger partial charge on any atom is 0.264 e. The molecule has 0 aliphatic heterocycles. The molecule has 0 radical (unpaired) electrons. The molecule has 0 fully saturated rings. The van der Waals surface area contributed by atoms with Crippen LogP contribution in [0.3, 0.4) is 0 Å². The minimum absolute atomic E-state index is 0.0908. The number of anilines is 1. The number of nitrogens with one attached hydrogen (secondary N) is 1. The number of hydrogen-bond donors (Lipinski definition) is 1. The first-order valence-corrected chi connectivity index (χ1v) is 13.2. The van der Waals surface area contributed by atoms with Crippen LogP contribution in [-0.4, -0.2) is 44.8 Å². The Labute approximate surface area is 213 Å². The zero-order valence-electron chi connectivity index (χ0n) is 21.4. The number of benzene rings is 3. The van der Waals surface area contributed by atoms with Gasteiger partial charge in [-0.15, -0.1) is 0 Å². The summed E-state index contributed by atoms with van der Waals surface area (Å²) in [7, 11) is -2.56. The van der Waals surface area contributed by atoms with Crippen LogP contribution in [0, 0.1) is 20.8 Å². The van der Waals surface area contributed by atoms with Crippen molar-refractivity contribution >= 4 is 27.5 Å². The molecule has 0 saturated carbocycles. The molecule has 0 saturated heterocycles. The van der Waals surface area contributed by atoms with Crippen molar-refractivity contribution in [3.05, 3.63) is 95.1 Å². The Balaban J connectivity index is 2.05. The molecule has 3 aromatic rings. The van der Waals surface area contributed by atoms with Crippen LogP contribution in [0.4, 0.5) is 5.69 Å². The van der Waals surface area contributed by atoms with Crippen LogP contribution in [0.5, 0.6) is 0 Å². The Kier molecular flexibility index (Phi) is 8.53. The molecule has 0 aliphatic rings. The Morgan fingerprint density at radius 1 is 0.889 bits per heavy atom. The Hall–Kier alpha value is -3.65. The second kappa shape index (κ2) is 11.4. The average molecular weight is 508 g/mol. The van der Waals surface area contributed by atoms with E-state index >= 15 is 0 Å². The van der Waals surface area contributed by atoms with E-state index in [1.807, 2.05) is 57.2 Å². The summed E-state index contributed by atoms with van der Waals surface area (Å²) in [5.74, 6) is -0.817. The molecule has 0 unspecified atom stereocenters.